The fourth-order valence-electron chi connectivity index (χ4n) is 1.31. The maximum absolute atomic E-state index is 12.2. The zero-order valence-corrected chi connectivity index (χ0v) is 11.4. The van der Waals surface area contributed by atoms with E-state index in [-0.39, 0.29) is 17.3 Å². The van der Waals surface area contributed by atoms with Crippen molar-refractivity contribution in [3.05, 3.63) is 33.8 Å². The van der Waals surface area contributed by atoms with Crippen molar-refractivity contribution in [2.45, 2.75) is 13.0 Å². The molecule has 0 spiro atoms. The van der Waals surface area contributed by atoms with E-state index < -0.39 is 6.04 Å². The van der Waals surface area contributed by atoms with Crippen LogP contribution in [0.1, 0.15) is 17.3 Å². The van der Waals surface area contributed by atoms with Crippen molar-refractivity contribution in [3.8, 4) is 0 Å². The van der Waals surface area contributed by atoms with Crippen LogP contribution in [-0.4, -0.2) is 34.9 Å². The lowest BCUT2D eigenvalue weighted by Gasteiger charge is -2.24. The molecule has 0 saturated carbocycles. The lowest BCUT2D eigenvalue weighted by molar-refractivity contribution is 0.0776. The molecule has 1 amide bonds. The largest absolute Gasteiger partial charge is 0.409 e. The van der Waals surface area contributed by atoms with Gasteiger partial charge in [-0.05, 0) is 25.1 Å². The summed E-state index contributed by atoms with van der Waals surface area (Å²) in [6.45, 7) is 1.63. The number of oxime groups is 1. The first-order chi connectivity index (χ1) is 8.38. The molecule has 0 aromatic heterocycles. The van der Waals surface area contributed by atoms with Crippen LogP contribution in [0.25, 0.3) is 0 Å². The number of nitrogens with two attached hydrogens (primary N) is 1. The molecule has 0 aliphatic heterocycles. The highest BCUT2D eigenvalue weighted by Crippen LogP contribution is 2.22. The molecule has 1 unspecified atom stereocenters. The van der Waals surface area contributed by atoms with Gasteiger partial charge in [-0.2, -0.15) is 0 Å². The second kappa shape index (κ2) is 5.93. The molecule has 3 N–H and O–H groups in total. The van der Waals surface area contributed by atoms with Gasteiger partial charge in [-0.1, -0.05) is 28.4 Å². The number of carbonyl (C=O) groups excluding carboxylic acids is 1. The summed E-state index contributed by atoms with van der Waals surface area (Å²) in [7, 11) is 1.53. The highest BCUT2D eigenvalue weighted by Gasteiger charge is 2.22. The molecule has 1 aromatic rings. The molecule has 1 atom stereocenters. The van der Waals surface area contributed by atoms with Crippen LogP contribution in [0.4, 0.5) is 0 Å². The van der Waals surface area contributed by atoms with Crippen molar-refractivity contribution >= 4 is 34.9 Å². The highest BCUT2D eigenvalue weighted by atomic mass is 35.5. The summed E-state index contributed by atoms with van der Waals surface area (Å²) < 4.78 is 0. The minimum absolute atomic E-state index is 0.0657. The Labute approximate surface area is 115 Å². The van der Waals surface area contributed by atoms with Gasteiger partial charge < -0.3 is 15.8 Å². The number of hydrogen-bond donors (Lipinski definition) is 2. The van der Waals surface area contributed by atoms with Crippen LogP contribution in [0, 0.1) is 0 Å². The Morgan fingerprint density at radius 1 is 1.50 bits per heavy atom. The van der Waals surface area contributed by atoms with E-state index in [9.17, 15) is 4.79 Å². The number of benzene rings is 1. The van der Waals surface area contributed by atoms with Gasteiger partial charge in [0.1, 0.15) is 0 Å². The van der Waals surface area contributed by atoms with Gasteiger partial charge in [-0.3, -0.25) is 4.79 Å². The number of rotatable bonds is 3. The maximum Gasteiger partial charge on any atom is 0.255 e. The molecule has 18 heavy (non-hydrogen) atoms. The Bertz CT molecular complexity index is 491. The Morgan fingerprint density at radius 3 is 2.67 bits per heavy atom. The second-order valence-electron chi connectivity index (χ2n) is 3.74. The topological polar surface area (TPSA) is 78.9 Å². The summed E-state index contributed by atoms with van der Waals surface area (Å²) in [5, 5.41) is 12.2. The van der Waals surface area contributed by atoms with Crippen LogP contribution in [0.2, 0.25) is 10.0 Å². The highest BCUT2D eigenvalue weighted by molar-refractivity contribution is 6.35. The van der Waals surface area contributed by atoms with Crippen LogP contribution in [0.5, 0.6) is 0 Å². The van der Waals surface area contributed by atoms with Crippen LogP contribution < -0.4 is 5.73 Å². The first-order valence-corrected chi connectivity index (χ1v) is 5.83. The standard InChI is InChI=1S/C11H13Cl2N3O2/c1-6(10(14)15-18)16(2)11(17)8-5-7(12)3-4-9(8)13/h3-6,18H,1-2H3,(H2,14,15). The Balaban J connectivity index is 3.03. The molecule has 0 aliphatic rings. The SMILES string of the molecule is CC(C(N)=NO)N(C)C(=O)c1cc(Cl)ccc1Cl. The fraction of sp³-hybridized carbons (Fsp3) is 0.273. The Hall–Kier alpha value is -1.46. The summed E-state index contributed by atoms with van der Waals surface area (Å²) in [6, 6.07) is 4.05. The van der Waals surface area contributed by atoms with E-state index in [2.05, 4.69) is 5.16 Å². The number of hydrogen-bond acceptors (Lipinski definition) is 3. The molecule has 1 aromatic carbocycles. The third-order valence-corrected chi connectivity index (χ3v) is 3.17. The van der Waals surface area contributed by atoms with Gasteiger partial charge >= 0.3 is 0 Å². The van der Waals surface area contributed by atoms with E-state index in [0.717, 1.165) is 0 Å². The quantitative estimate of drug-likeness (QED) is 0.387. The molecule has 1 rings (SSSR count). The molecule has 5 nitrogen and oxygen atoms in total. The maximum atomic E-state index is 12.2. The lowest BCUT2D eigenvalue weighted by Crippen LogP contribution is -2.43. The smallest absolute Gasteiger partial charge is 0.255 e. The molecule has 0 heterocycles. The minimum Gasteiger partial charge on any atom is -0.409 e. The van der Waals surface area contributed by atoms with Gasteiger partial charge in [0.15, 0.2) is 5.84 Å². The van der Waals surface area contributed by atoms with Gasteiger partial charge in [0.05, 0.1) is 16.6 Å². The summed E-state index contributed by atoms with van der Waals surface area (Å²) >= 11 is 11.8. The first-order valence-electron chi connectivity index (χ1n) is 5.08. The molecular weight excluding hydrogens is 277 g/mol. The average molecular weight is 290 g/mol. The zero-order chi connectivity index (χ0) is 13.9. The van der Waals surface area contributed by atoms with E-state index in [4.69, 9.17) is 34.1 Å². The normalized spacial score (nSPS) is 13.2. The van der Waals surface area contributed by atoms with E-state index in [1.54, 1.807) is 19.1 Å². The van der Waals surface area contributed by atoms with Gasteiger partial charge in [-0.15, -0.1) is 0 Å². The number of halogens is 2. The number of amides is 1. The van der Waals surface area contributed by atoms with Crippen LogP contribution in [0.15, 0.2) is 23.4 Å². The Kier molecular flexibility index (Phi) is 4.81. The van der Waals surface area contributed by atoms with Crippen molar-refractivity contribution in [3.63, 3.8) is 0 Å². The summed E-state index contributed by atoms with van der Waals surface area (Å²) in [6.07, 6.45) is 0. The monoisotopic (exact) mass is 289 g/mol. The van der Waals surface area contributed by atoms with Crippen molar-refractivity contribution in [2.75, 3.05) is 7.05 Å². The van der Waals surface area contributed by atoms with Crippen molar-refractivity contribution in [1.82, 2.24) is 4.90 Å². The number of nitrogens with zero attached hydrogens (tertiary/aromatic N) is 2. The number of likely N-dealkylation sites (N-methyl/N-ethyl adjacent to an activating group) is 1. The molecule has 98 valence electrons. The molecule has 0 radical (unpaired) electrons. The molecule has 0 aliphatic carbocycles. The third kappa shape index (κ3) is 3.05. The fourth-order valence-corrected chi connectivity index (χ4v) is 1.68. The molecule has 0 bridgehead atoms. The van der Waals surface area contributed by atoms with Crippen LogP contribution in [-0.2, 0) is 0 Å². The van der Waals surface area contributed by atoms with Gasteiger partial charge in [0.2, 0.25) is 0 Å². The van der Waals surface area contributed by atoms with Crippen molar-refractivity contribution in [2.24, 2.45) is 10.9 Å². The zero-order valence-electron chi connectivity index (χ0n) is 9.89. The summed E-state index contributed by atoms with van der Waals surface area (Å²) in [5.74, 6) is -0.425. The predicted octanol–water partition coefficient (Wildman–Crippen LogP) is 2.20. The molecular formula is C11H13Cl2N3O2. The molecule has 7 heteroatoms. The summed E-state index contributed by atoms with van der Waals surface area (Å²) in [5.41, 5.74) is 5.72. The van der Waals surface area contributed by atoms with Gasteiger partial charge in [0, 0.05) is 12.1 Å². The minimum atomic E-state index is -0.558. The third-order valence-electron chi connectivity index (χ3n) is 2.60. The number of amidine groups is 1. The van der Waals surface area contributed by atoms with Crippen molar-refractivity contribution in [1.29, 1.82) is 0 Å². The van der Waals surface area contributed by atoms with E-state index >= 15 is 0 Å². The van der Waals surface area contributed by atoms with Crippen LogP contribution >= 0.6 is 23.2 Å². The molecule has 0 saturated heterocycles. The average Bonchev–Trinajstić information content (AvgIpc) is 2.38. The van der Waals surface area contributed by atoms with Gasteiger partial charge in [-0.25, -0.2) is 0 Å². The predicted molar refractivity (Wildman–Crippen MR) is 71.4 cm³/mol. The first kappa shape index (κ1) is 14.6. The Morgan fingerprint density at radius 2 is 2.11 bits per heavy atom. The van der Waals surface area contributed by atoms with Crippen LogP contribution in [0.3, 0.4) is 0 Å². The van der Waals surface area contributed by atoms with Gasteiger partial charge in [0.25, 0.3) is 5.91 Å². The summed E-state index contributed by atoms with van der Waals surface area (Å²) in [4.78, 5) is 13.5. The van der Waals surface area contributed by atoms with E-state index in [1.807, 2.05) is 0 Å². The van der Waals surface area contributed by atoms with E-state index in [1.165, 1.54) is 18.0 Å². The van der Waals surface area contributed by atoms with E-state index in [0.29, 0.717) is 10.0 Å². The molecule has 0 fully saturated rings. The number of carbonyl (C=O) groups is 1. The lowest BCUT2D eigenvalue weighted by atomic mass is 10.1. The van der Waals surface area contributed by atoms with Crippen molar-refractivity contribution < 1.29 is 10.0 Å². The second-order valence-corrected chi connectivity index (χ2v) is 4.58.